The smallest absolute Gasteiger partial charge is 0.338 e. The lowest BCUT2D eigenvalue weighted by Crippen LogP contribution is -2.05. The van der Waals surface area contributed by atoms with Crippen LogP contribution in [0.15, 0.2) is 24.3 Å². The van der Waals surface area contributed by atoms with E-state index in [1.807, 2.05) is 6.92 Å². The van der Waals surface area contributed by atoms with E-state index >= 15 is 0 Å². The van der Waals surface area contributed by atoms with Crippen LogP contribution in [0.3, 0.4) is 0 Å². The standard InChI is InChI=1S/C10H11ClO2/c1-2-6-13-10(12)8-4-3-5-9(11)7-8/h3-5,7H,2,6H2,1H3. The zero-order valence-electron chi connectivity index (χ0n) is 7.42. The van der Waals surface area contributed by atoms with Crippen molar-refractivity contribution in [3.05, 3.63) is 34.9 Å². The van der Waals surface area contributed by atoms with E-state index in [9.17, 15) is 4.79 Å². The predicted molar refractivity (Wildman–Crippen MR) is 52.0 cm³/mol. The molecule has 0 bridgehead atoms. The second-order valence-electron chi connectivity index (χ2n) is 2.65. The quantitative estimate of drug-likeness (QED) is 0.699. The van der Waals surface area contributed by atoms with Crippen molar-refractivity contribution in [3.63, 3.8) is 0 Å². The third-order valence-electron chi connectivity index (χ3n) is 1.50. The van der Waals surface area contributed by atoms with Gasteiger partial charge in [0.25, 0.3) is 0 Å². The fourth-order valence-electron chi connectivity index (χ4n) is 0.894. The Morgan fingerprint density at radius 3 is 2.92 bits per heavy atom. The van der Waals surface area contributed by atoms with Crippen molar-refractivity contribution in [2.24, 2.45) is 0 Å². The van der Waals surface area contributed by atoms with Crippen molar-refractivity contribution in [1.29, 1.82) is 0 Å². The number of ether oxygens (including phenoxy) is 1. The average molecular weight is 199 g/mol. The third kappa shape index (κ3) is 3.07. The zero-order valence-corrected chi connectivity index (χ0v) is 8.17. The molecule has 0 atom stereocenters. The van der Waals surface area contributed by atoms with Gasteiger partial charge in [-0.15, -0.1) is 0 Å². The van der Waals surface area contributed by atoms with Gasteiger partial charge in [0.15, 0.2) is 0 Å². The number of esters is 1. The van der Waals surface area contributed by atoms with Crippen molar-refractivity contribution < 1.29 is 9.53 Å². The van der Waals surface area contributed by atoms with Crippen LogP contribution in [0.5, 0.6) is 0 Å². The molecule has 0 heterocycles. The van der Waals surface area contributed by atoms with Gasteiger partial charge in [-0.05, 0) is 24.6 Å². The maximum atomic E-state index is 11.3. The van der Waals surface area contributed by atoms with Crippen LogP contribution < -0.4 is 0 Å². The normalized spacial score (nSPS) is 9.69. The van der Waals surface area contributed by atoms with Crippen molar-refractivity contribution in [1.82, 2.24) is 0 Å². The van der Waals surface area contributed by atoms with Crippen molar-refractivity contribution >= 4 is 17.6 Å². The summed E-state index contributed by atoms with van der Waals surface area (Å²) in [6.07, 6.45) is 0.826. The van der Waals surface area contributed by atoms with Crippen LogP contribution in [-0.4, -0.2) is 12.6 Å². The largest absolute Gasteiger partial charge is 0.462 e. The molecular formula is C10H11ClO2. The van der Waals surface area contributed by atoms with Gasteiger partial charge in [0.2, 0.25) is 0 Å². The summed E-state index contributed by atoms with van der Waals surface area (Å²) in [6.45, 7) is 2.40. The molecule has 0 aliphatic carbocycles. The van der Waals surface area contributed by atoms with E-state index in [4.69, 9.17) is 16.3 Å². The molecule has 0 aromatic heterocycles. The Bertz CT molecular complexity index is 297. The zero-order chi connectivity index (χ0) is 9.68. The van der Waals surface area contributed by atoms with Crippen LogP contribution in [-0.2, 0) is 4.74 Å². The number of carbonyl (C=O) groups excluding carboxylic acids is 1. The van der Waals surface area contributed by atoms with Crippen LogP contribution in [0.2, 0.25) is 5.02 Å². The second-order valence-corrected chi connectivity index (χ2v) is 3.08. The Morgan fingerprint density at radius 1 is 1.54 bits per heavy atom. The van der Waals surface area contributed by atoms with Gasteiger partial charge in [0, 0.05) is 5.02 Å². The van der Waals surface area contributed by atoms with Gasteiger partial charge < -0.3 is 4.74 Å². The molecule has 70 valence electrons. The van der Waals surface area contributed by atoms with Gasteiger partial charge >= 0.3 is 5.97 Å². The molecule has 0 N–H and O–H groups in total. The minimum Gasteiger partial charge on any atom is -0.462 e. The lowest BCUT2D eigenvalue weighted by atomic mass is 10.2. The van der Waals surface area contributed by atoms with Gasteiger partial charge in [-0.25, -0.2) is 4.79 Å². The molecule has 0 fully saturated rings. The van der Waals surface area contributed by atoms with E-state index in [-0.39, 0.29) is 5.97 Å². The fraction of sp³-hybridized carbons (Fsp3) is 0.300. The molecule has 0 spiro atoms. The van der Waals surface area contributed by atoms with E-state index < -0.39 is 0 Å². The summed E-state index contributed by atoms with van der Waals surface area (Å²) in [4.78, 5) is 11.3. The molecule has 2 nitrogen and oxygen atoms in total. The molecule has 1 aromatic carbocycles. The monoisotopic (exact) mass is 198 g/mol. The summed E-state index contributed by atoms with van der Waals surface area (Å²) >= 11 is 5.72. The molecule has 3 heteroatoms. The van der Waals surface area contributed by atoms with Crippen LogP contribution in [0.1, 0.15) is 23.7 Å². The number of hydrogen-bond donors (Lipinski definition) is 0. The molecule has 0 aliphatic heterocycles. The van der Waals surface area contributed by atoms with E-state index in [1.54, 1.807) is 24.3 Å². The Kier molecular flexibility index (Phi) is 3.77. The highest BCUT2D eigenvalue weighted by Gasteiger charge is 2.05. The molecule has 0 unspecified atom stereocenters. The minimum absolute atomic E-state index is 0.315. The lowest BCUT2D eigenvalue weighted by Gasteiger charge is -2.02. The molecule has 13 heavy (non-hydrogen) atoms. The predicted octanol–water partition coefficient (Wildman–Crippen LogP) is 2.91. The summed E-state index contributed by atoms with van der Waals surface area (Å²) in [6, 6.07) is 6.73. The van der Waals surface area contributed by atoms with Crippen molar-refractivity contribution in [3.8, 4) is 0 Å². The highest BCUT2D eigenvalue weighted by atomic mass is 35.5. The Morgan fingerprint density at radius 2 is 2.31 bits per heavy atom. The number of halogens is 1. The van der Waals surface area contributed by atoms with Gasteiger partial charge in [0.1, 0.15) is 0 Å². The summed E-state index contributed by atoms with van der Waals surface area (Å²) in [5, 5.41) is 0.547. The van der Waals surface area contributed by atoms with E-state index in [1.165, 1.54) is 0 Å². The summed E-state index contributed by atoms with van der Waals surface area (Å²) in [5.74, 6) is -0.315. The van der Waals surface area contributed by atoms with Crippen molar-refractivity contribution in [2.75, 3.05) is 6.61 Å². The number of rotatable bonds is 3. The van der Waals surface area contributed by atoms with Gasteiger partial charge in [-0.2, -0.15) is 0 Å². The summed E-state index contributed by atoms with van der Waals surface area (Å²) in [7, 11) is 0. The maximum absolute atomic E-state index is 11.3. The number of benzene rings is 1. The molecular weight excluding hydrogens is 188 g/mol. The molecule has 0 aliphatic rings. The molecule has 0 saturated carbocycles. The average Bonchev–Trinajstić information content (AvgIpc) is 2.14. The molecule has 0 amide bonds. The Labute approximate surface area is 82.5 Å². The first-order chi connectivity index (χ1) is 6.24. The van der Waals surface area contributed by atoms with Gasteiger partial charge in [0.05, 0.1) is 12.2 Å². The molecule has 0 saturated heterocycles. The maximum Gasteiger partial charge on any atom is 0.338 e. The first-order valence-corrected chi connectivity index (χ1v) is 4.54. The fourth-order valence-corrected chi connectivity index (χ4v) is 1.08. The summed E-state index contributed by atoms with van der Waals surface area (Å²) < 4.78 is 4.93. The van der Waals surface area contributed by atoms with Crippen LogP contribution in [0.25, 0.3) is 0 Å². The highest BCUT2D eigenvalue weighted by molar-refractivity contribution is 6.30. The van der Waals surface area contributed by atoms with Gasteiger partial charge in [-0.1, -0.05) is 24.6 Å². The summed E-state index contributed by atoms with van der Waals surface area (Å²) in [5.41, 5.74) is 0.501. The van der Waals surface area contributed by atoms with Crippen LogP contribution >= 0.6 is 11.6 Å². The van der Waals surface area contributed by atoms with E-state index in [2.05, 4.69) is 0 Å². The Balaban J connectivity index is 2.66. The molecule has 0 radical (unpaired) electrons. The number of carbonyl (C=O) groups is 1. The van der Waals surface area contributed by atoms with Gasteiger partial charge in [-0.3, -0.25) is 0 Å². The van der Waals surface area contributed by atoms with E-state index in [0.29, 0.717) is 17.2 Å². The molecule has 1 rings (SSSR count). The SMILES string of the molecule is CCCOC(=O)c1cccc(Cl)c1. The van der Waals surface area contributed by atoms with E-state index in [0.717, 1.165) is 6.42 Å². The second kappa shape index (κ2) is 4.87. The number of hydrogen-bond acceptors (Lipinski definition) is 2. The first-order valence-electron chi connectivity index (χ1n) is 4.16. The van der Waals surface area contributed by atoms with Crippen LogP contribution in [0, 0.1) is 0 Å². The minimum atomic E-state index is -0.315. The topological polar surface area (TPSA) is 26.3 Å². The van der Waals surface area contributed by atoms with Crippen molar-refractivity contribution in [2.45, 2.75) is 13.3 Å². The third-order valence-corrected chi connectivity index (χ3v) is 1.73. The lowest BCUT2D eigenvalue weighted by molar-refractivity contribution is 0.0505. The van der Waals surface area contributed by atoms with Crippen LogP contribution in [0.4, 0.5) is 0 Å². The Hall–Kier alpha value is -1.02. The molecule has 1 aromatic rings. The first kappa shape index (κ1) is 10.1. The highest BCUT2D eigenvalue weighted by Crippen LogP contribution is 2.11.